The molecule has 1 aromatic heterocycles. The maximum atomic E-state index is 12.6. The number of ether oxygens (including phenoxy) is 1. The minimum Gasteiger partial charge on any atom is -0.455 e. The van der Waals surface area contributed by atoms with Crippen molar-refractivity contribution in [3.05, 3.63) is 58.7 Å². The standard InChI is InChI=1S/C23H26ClN5O2/c1-28(23(25)26)22(30)19-13-17-18(24)8-9-20(21(17)27-19)31-16-7-5-6-15(12-16)14-29-10-3-2-4-11-29/h5-9,12-13,27H,2-4,10-11,14H2,1H3,(H3,25,26). The first-order valence-corrected chi connectivity index (χ1v) is 10.7. The van der Waals surface area contributed by atoms with E-state index < -0.39 is 5.91 Å². The van der Waals surface area contributed by atoms with Gasteiger partial charge in [-0.2, -0.15) is 0 Å². The molecular formula is C23H26ClN5O2. The van der Waals surface area contributed by atoms with Gasteiger partial charge in [0.2, 0.25) is 0 Å². The molecule has 0 spiro atoms. The molecule has 1 fully saturated rings. The number of fused-ring (bicyclic) bond motifs is 1. The van der Waals surface area contributed by atoms with Crippen molar-refractivity contribution < 1.29 is 9.53 Å². The summed E-state index contributed by atoms with van der Waals surface area (Å²) in [4.78, 5) is 19.2. The van der Waals surface area contributed by atoms with Crippen LogP contribution in [0.5, 0.6) is 11.5 Å². The van der Waals surface area contributed by atoms with Crippen LogP contribution in [0.2, 0.25) is 5.02 Å². The van der Waals surface area contributed by atoms with Crippen LogP contribution < -0.4 is 10.5 Å². The Morgan fingerprint density at radius 3 is 2.74 bits per heavy atom. The fourth-order valence-electron chi connectivity index (χ4n) is 3.86. The van der Waals surface area contributed by atoms with Gasteiger partial charge in [0.1, 0.15) is 11.4 Å². The molecule has 1 aliphatic heterocycles. The number of aromatic nitrogens is 1. The van der Waals surface area contributed by atoms with Crippen LogP contribution in [-0.2, 0) is 6.54 Å². The number of likely N-dealkylation sites (tertiary alicyclic amines) is 1. The molecule has 0 atom stereocenters. The van der Waals surface area contributed by atoms with Gasteiger partial charge in [-0.05, 0) is 61.8 Å². The maximum Gasteiger partial charge on any atom is 0.276 e. The van der Waals surface area contributed by atoms with Crippen molar-refractivity contribution in [1.82, 2.24) is 14.8 Å². The van der Waals surface area contributed by atoms with Crippen LogP contribution in [0, 0.1) is 5.41 Å². The number of nitrogens with two attached hydrogens (primary N) is 1. The average molecular weight is 440 g/mol. The van der Waals surface area contributed by atoms with E-state index in [-0.39, 0.29) is 11.7 Å². The van der Waals surface area contributed by atoms with Gasteiger partial charge >= 0.3 is 0 Å². The van der Waals surface area contributed by atoms with Crippen molar-refractivity contribution >= 4 is 34.4 Å². The summed E-state index contributed by atoms with van der Waals surface area (Å²) in [5, 5.41) is 8.65. The van der Waals surface area contributed by atoms with E-state index in [1.807, 2.05) is 18.2 Å². The van der Waals surface area contributed by atoms with E-state index in [9.17, 15) is 4.79 Å². The van der Waals surface area contributed by atoms with Gasteiger partial charge in [0.15, 0.2) is 11.7 Å². The van der Waals surface area contributed by atoms with Crippen LogP contribution in [0.1, 0.15) is 35.3 Å². The number of carbonyl (C=O) groups excluding carboxylic acids is 1. The molecule has 31 heavy (non-hydrogen) atoms. The number of aromatic amines is 1. The summed E-state index contributed by atoms with van der Waals surface area (Å²) in [6.07, 6.45) is 3.83. The lowest BCUT2D eigenvalue weighted by molar-refractivity contribution is 0.0864. The zero-order chi connectivity index (χ0) is 22.0. The van der Waals surface area contributed by atoms with E-state index in [0.717, 1.165) is 30.3 Å². The van der Waals surface area contributed by atoms with Gasteiger partial charge in [0, 0.05) is 19.0 Å². The highest BCUT2D eigenvalue weighted by Gasteiger charge is 2.19. The molecule has 0 saturated carbocycles. The fourth-order valence-corrected chi connectivity index (χ4v) is 4.07. The topological polar surface area (TPSA) is 98.4 Å². The molecule has 3 aromatic rings. The largest absolute Gasteiger partial charge is 0.455 e. The highest BCUT2D eigenvalue weighted by Crippen LogP contribution is 2.35. The van der Waals surface area contributed by atoms with E-state index in [2.05, 4.69) is 16.0 Å². The smallest absolute Gasteiger partial charge is 0.276 e. The fraction of sp³-hybridized carbons (Fsp3) is 0.304. The van der Waals surface area contributed by atoms with Crippen molar-refractivity contribution in [1.29, 1.82) is 5.41 Å². The molecule has 1 saturated heterocycles. The molecule has 4 rings (SSSR count). The van der Waals surface area contributed by atoms with Crippen molar-refractivity contribution in [2.45, 2.75) is 25.8 Å². The molecule has 0 unspecified atom stereocenters. The number of amides is 1. The molecule has 0 aliphatic carbocycles. The van der Waals surface area contributed by atoms with Crippen LogP contribution in [0.25, 0.3) is 10.9 Å². The second kappa shape index (κ2) is 8.99. The minimum atomic E-state index is -0.422. The Kier molecular flexibility index (Phi) is 6.15. The lowest BCUT2D eigenvalue weighted by Crippen LogP contribution is -2.38. The molecule has 2 aromatic carbocycles. The van der Waals surface area contributed by atoms with Gasteiger partial charge in [0.05, 0.1) is 10.5 Å². The van der Waals surface area contributed by atoms with Crippen LogP contribution in [0.4, 0.5) is 0 Å². The summed E-state index contributed by atoms with van der Waals surface area (Å²) >= 11 is 6.35. The Labute approximate surface area is 186 Å². The molecule has 7 nitrogen and oxygen atoms in total. The number of H-pyrrole nitrogens is 1. The van der Waals surface area contributed by atoms with Gasteiger partial charge in [-0.1, -0.05) is 30.2 Å². The number of halogens is 1. The highest BCUT2D eigenvalue weighted by atomic mass is 35.5. The number of guanidine groups is 1. The third kappa shape index (κ3) is 4.68. The number of nitrogens with one attached hydrogen (secondary N) is 2. The zero-order valence-corrected chi connectivity index (χ0v) is 18.2. The number of benzene rings is 2. The SMILES string of the molecule is CN(C(=N)N)C(=O)c1cc2c(Cl)ccc(Oc3cccc(CN4CCCCC4)c3)c2[nH]1. The van der Waals surface area contributed by atoms with Gasteiger partial charge in [-0.25, -0.2) is 0 Å². The summed E-state index contributed by atoms with van der Waals surface area (Å²) in [5.41, 5.74) is 7.54. The number of piperidine rings is 1. The van der Waals surface area contributed by atoms with E-state index in [4.69, 9.17) is 27.5 Å². The molecule has 162 valence electrons. The number of hydrogen-bond acceptors (Lipinski definition) is 4. The minimum absolute atomic E-state index is 0.282. The second-order valence-corrected chi connectivity index (χ2v) is 8.26. The summed E-state index contributed by atoms with van der Waals surface area (Å²) in [6, 6.07) is 13.2. The van der Waals surface area contributed by atoms with Gasteiger partial charge in [-0.15, -0.1) is 0 Å². The van der Waals surface area contributed by atoms with Gasteiger partial charge in [0.25, 0.3) is 5.91 Å². The first-order chi connectivity index (χ1) is 14.9. The van der Waals surface area contributed by atoms with Crippen molar-refractivity contribution in [3.63, 3.8) is 0 Å². The van der Waals surface area contributed by atoms with Crippen molar-refractivity contribution in [2.24, 2.45) is 5.73 Å². The number of nitrogens with zero attached hydrogens (tertiary/aromatic N) is 2. The Morgan fingerprint density at radius 1 is 1.23 bits per heavy atom. The van der Waals surface area contributed by atoms with Gasteiger partial charge in [-0.3, -0.25) is 20.0 Å². The molecule has 2 heterocycles. The average Bonchev–Trinajstić information content (AvgIpc) is 3.22. The van der Waals surface area contributed by atoms with E-state index in [1.165, 1.54) is 31.9 Å². The van der Waals surface area contributed by atoms with Crippen LogP contribution in [0.3, 0.4) is 0 Å². The first-order valence-electron chi connectivity index (χ1n) is 10.3. The molecular weight excluding hydrogens is 414 g/mol. The Morgan fingerprint density at radius 2 is 2.00 bits per heavy atom. The summed E-state index contributed by atoms with van der Waals surface area (Å²) in [7, 11) is 1.45. The van der Waals surface area contributed by atoms with Crippen LogP contribution in [0.15, 0.2) is 42.5 Å². The molecule has 0 bridgehead atoms. The Hall–Kier alpha value is -3.03. The highest BCUT2D eigenvalue weighted by molar-refractivity contribution is 6.35. The predicted molar refractivity (Wildman–Crippen MR) is 123 cm³/mol. The summed E-state index contributed by atoms with van der Waals surface area (Å²) < 4.78 is 6.18. The van der Waals surface area contributed by atoms with Crippen molar-refractivity contribution in [3.8, 4) is 11.5 Å². The third-order valence-electron chi connectivity index (χ3n) is 5.58. The van der Waals surface area contributed by atoms with E-state index in [0.29, 0.717) is 21.7 Å². The lowest BCUT2D eigenvalue weighted by Gasteiger charge is -2.26. The molecule has 0 radical (unpaired) electrons. The summed E-state index contributed by atoms with van der Waals surface area (Å²) in [6.45, 7) is 3.18. The second-order valence-electron chi connectivity index (χ2n) is 7.85. The molecule has 1 aliphatic rings. The molecule has 4 N–H and O–H groups in total. The normalized spacial score (nSPS) is 14.5. The van der Waals surface area contributed by atoms with E-state index in [1.54, 1.807) is 18.2 Å². The van der Waals surface area contributed by atoms with Crippen molar-refractivity contribution in [2.75, 3.05) is 20.1 Å². The maximum absolute atomic E-state index is 12.6. The number of hydrogen-bond donors (Lipinski definition) is 3. The van der Waals surface area contributed by atoms with Gasteiger partial charge < -0.3 is 15.5 Å². The third-order valence-corrected chi connectivity index (χ3v) is 5.91. The molecule has 1 amide bonds. The quantitative estimate of drug-likeness (QED) is 0.400. The van der Waals surface area contributed by atoms with E-state index >= 15 is 0 Å². The number of carbonyl (C=O) groups is 1. The Bertz CT molecular complexity index is 1120. The monoisotopic (exact) mass is 439 g/mol. The zero-order valence-electron chi connectivity index (χ0n) is 17.5. The predicted octanol–water partition coefficient (Wildman–Crippen LogP) is 4.56. The first kappa shape index (κ1) is 21.2. The lowest BCUT2D eigenvalue weighted by atomic mass is 10.1. The van der Waals surface area contributed by atoms with Crippen LogP contribution in [-0.4, -0.2) is 46.8 Å². The Balaban J connectivity index is 1.60. The van der Waals surface area contributed by atoms with Crippen LogP contribution >= 0.6 is 11.6 Å². The molecule has 8 heteroatoms. The number of rotatable bonds is 5. The summed E-state index contributed by atoms with van der Waals surface area (Å²) in [5.74, 6) is 0.534.